The molecule has 1 aliphatic heterocycles. The van der Waals surface area contributed by atoms with Crippen molar-refractivity contribution >= 4 is 11.8 Å². The van der Waals surface area contributed by atoms with Crippen molar-refractivity contribution in [1.82, 2.24) is 15.1 Å². The Morgan fingerprint density at radius 3 is 2.29 bits per heavy atom. The minimum absolute atomic E-state index is 0.0206. The molecule has 2 aromatic rings. The summed E-state index contributed by atoms with van der Waals surface area (Å²) in [6.07, 6.45) is 0. The predicted molar refractivity (Wildman–Crippen MR) is 111 cm³/mol. The molecule has 0 radical (unpaired) electrons. The van der Waals surface area contributed by atoms with Crippen molar-refractivity contribution in [2.75, 3.05) is 32.7 Å². The molecular formula is C23H29N3O2. The van der Waals surface area contributed by atoms with Gasteiger partial charge in [0.1, 0.15) is 0 Å². The van der Waals surface area contributed by atoms with E-state index in [0.717, 1.165) is 11.1 Å². The number of hydrogen-bond acceptors (Lipinski definition) is 3. The molecule has 0 bridgehead atoms. The number of nitrogens with one attached hydrogen (secondary N) is 1. The third-order valence-corrected chi connectivity index (χ3v) is 5.46. The van der Waals surface area contributed by atoms with Crippen LogP contribution in [0.5, 0.6) is 0 Å². The molecule has 148 valence electrons. The number of hydrogen-bond donors (Lipinski definition) is 1. The van der Waals surface area contributed by atoms with E-state index < -0.39 is 0 Å². The van der Waals surface area contributed by atoms with Crippen LogP contribution in [0.15, 0.2) is 48.5 Å². The van der Waals surface area contributed by atoms with E-state index in [2.05, 4.69) is 42.3 Å². The molecule has 0 unspecified atom stereocenters. The first-order valence-electron chi connectivity index (χ1n) is 9.87. The third-order valence-electron chi connectivity index (χ3n) is 5.46. The number of carbonyl (C=O) groups is 2. The Morgan fingerprint density at radius 1 is 0.964 bits per heavy atom. The molecule has 5 heteroatoms. The van der Waals surface area contributed by atoms with Gasteiger partial charge in [-0.05, 0) is 49.6 Å². The summed E-state index contributed by atoms with van der Waals surface area (Å²) in [5.41, 5.74) is 4.33. The van der Waals surface area contributed by atoms with Gasteiger partial charge in [0.05, 0.1) is 12.6 Å². The van der Waals surface area contributed by atoms with Gasteiger partial charge >= 0.3 is 0 Å². The lowest BCUT2D eigenvalue weighted by atomic mass is 10.0. The van der Waals surface area contributed by atoms with E-state index in [9.17, 15) is 9.59 Å². The van der Waals surface area contributed by atoms with Crippen molar-refractivity contribution in [2.24, 2.45) is 0 Å². The smallest absolute Gasteiger partial charge is 0.253 e. The maximum absolute atomic E-state index is 12.5. The van der Waals surface area contributed by atoms with Gasteiger partial charge in [-0.2, -0.15) is 0 Å². The molecule has 1 aliphatic rings. The highest BCUT2D eigenvalue weighted by atomic mass is 16.2. The van der Waals surface area contributed by atoms with Crippen molar-refractivity contribution in [3.8, 4) is 0 Å². The minimum Gasteiger partial charge on any atom is -0.348 e. The van der Waals surface area contributed by atoms with Crippen LogP contribution in [0.25, 0.3) is 0 Å². The largest absolute Gasteiger partial charge is 0.348 e. The molecule has 28 heavy (non-hydrogen) atoms. The number of benzene rings is 2. The standard InChI is InChI=1S/C23H29N3O2/c1-17-9-10-21(15-18(17)2)19(3)24-22(27)16-25-11-13-26(14-12-25)23(28)20-7-5-4-6-8-20/h4-10,15,19H,11-14,16H2,1-3H3,(H,24,27)/t19-/m1/s1. The summed E-state index contributed by atoms with van der Waals surface area (Å²) in [6.45, 7) is 9.27. The highest BCUT2D eigenvalue weighted by Gasteiger charge is 2.23. The zero-order valence-electron chi connectivity index (χ0n) is 16.9. The van der Waals surface area contributed by atoms with Crippen molar-refractivity contribution in [2.45, 2.75) is 26.8 Å². The Morgan fingerprint density at radius 2 is 1.64 bits per heavy atom. The van der Waals surface area contributed by atoms with E-state index in [4.69, 9.17) is 0 Å². The van der Waals surface area contributed by atoms with Crippen LogP contribution in [0.4, 0.5) is 0 Å². The molecule has 2 amide bonds. The zero-order valence-corrected chi connectivity index (χ0v) is 16.9. The lowest BCUT2D eigenvalue weighted by molar-refractivity contribution is -0.123. The second kappa shape index (κ2) is 9.02. The van der Waals surface area contributed by atoms with Crippen LogP contribution in [-0.4, -0.2) is 54.3 Å². The Kier molecular flexibility index (Phi) is 6.47. The lowest BCUT2D eigenvalue weighted by Crippen LogP contribution is -2.51. The topological polar surface area (TPSA) is 52.7 Å². The average Bonchev–Trinajstić information content (AvgIpc) is 2.70. The van der Waals surface area contributed by atoms with E-state index >= 15 is 0 Å². The van der Waals surface area contributed by atoms with Crippen LogP contribution in [0.3, 0.4) is 0 Å². The first kappa shape index (κ1) is 20.1. The summed E-state index contributed by atoms with van der Waals surface area (Å²) in [6, 6.07) is 15.6. The Hall–Kier alpha value is -2.66. The molecule has 0 aliphatic carbocycles. The summed E-state index contributed by atoms with van der Waals surface area (Å²) in [5, 5.41) is 3.09. The van der Waals surface area contributed by atoms with Gasteiger partial charge in [0.2, 0.25) is 5.91 Å². The molecule has 0 saturated carbocycles. The number of aryl methyl sites for hydroxylation is 2. The molecule has 1 atom stereocenters. The molecular weight excluding hydrogens is 350 g/mol. The van der Waals surface area contributed by atoms with Gasteiger partial charge in [-0.3, -0.25) is 14.5 Å². The van der Waals surface area contributed by atoms with Crippen molar-refractivity contribution < 1.29 is 9.59 Å². The quantitative estimate of drug-likeness (QED) is 0.869. The van der Waals surface area contributed by atoms with E-state index in [-0.39, 0.29) is 17.9 Å². The van der Waals surface area contributed by atoms with Gasteiger partial charge in [-0.1, -0.05) is 36.4 Å². The highest BCUT2D eigenvalue weighted by molar-refractivity contribution is 5.94. The molecule has 0 aromatic heterocycles. The normalized spacial score (nSPS) is 15.9. The number of carbonyl (C=O) groups excluding carboxylic acids is 2. The molecule has 1 heterocycles. The van der Waals surface area contributed by atoms with Crippen LogP contribution >= 0.6 is 0 Å². The first-order valence-corrected chi connectivity index (χ1v) is 9.87. The summed E-state index contributed by atoms with van der Waals surface area (Å²) < 4.78 is 0. The Bertz CT molecular complexity index is 827. The Labute approximate surface area is 167 Å². The fourth-order valence-electron chi connectivity index (χ4n) is 3.48. The summed E-state index contributed by atoms with van der Waals surface area (Å²) in [5.74, 6) is 0.0848. The molecule has 0 spiro atoms. The van der Waals surface area contributed by atoms with Gasteiger partial charge in [0.25, 0.3) is 5.91 Å². The molecule has 1 N–H and O–H groups in total. The SMILES string of the molecule is Cc1ccc([C@@H](C)NC(=O)CN2CCN(C(=O)c3ccccc3)CC2)cc1C. The monoisotopic (exact) mass is 379 g/mol. The van der Waals surface area contributed by atoms with E-state index in [0.29, 0.717) is 32.7 Å². The fraction of sp³-hybridized carbons (Fsp3) is 0.391. The Balaban J connectivity index is 1.47. The minimum atomic E-state index is -0.0206. The van der Waals surface area contributed by atoms with Gasteiger partial charge in [-0.25, -0.2) is 0 Å². The maximum Gasteiger partial charge on any atom is 0.253 e. The third kappa shape index (κ3) is 4.98. The molecule has 3 rings (SSSR count). The molecule has 2 aromatic carbocycles. The number of piperazine rings is 1. The van der Waals surface area contributed by atoms with Crippen LogP contribution in [0.1, 0.15) is 40.0 Å². The second-order valence-electron chi connectivity index (χ2n) is 7.57. The number of amides is 2. The van der Waals surface area contributed by atoms with Crippen LogP contribution in [0.2, 0.25) is 0 Å². The van der Waals surface area contributed by atoms with Crippen LogP contribution in [-0.2, 0) is 4.79 Å². The van der Waals surface area contributed by atoms with Gasteiger partial charge in [0.15, 0.2) is 0 Å². The average molecular weight is 380 g/mol. The zero-order chi connectivity index (χ0) is 20.1. The predicted octanol–water partition coefficient (Wildman–Crippen LogP) is 2.94. The number of rotatable bonds is 5. The maximum atomic E-state index is 12.5. The van der Waals surface area contributed by atoms with E-state index in [1.54, 1.807) is 0 Å². The summed E-state index contributed by atoms with van der Waals surface area (Å²) >= 11 is 0. The van der Waals surface area contributed by atoms with Crippen molar-refractivity contribution in [1.29, 1.82) is 0 Å². The van der Waals surface area contributed by atoms with Gasteiger partial charge in [0, 0.05) is 31.7 Å². The highest BCUT2D eigenvalue weighted by Crippen LogP contribution is 2.17. The van der Waals surface area contributed by atoms with E-state index in [1.165, 1.54) is 11.1 Å². The second-order valence-corrected chi connectivity index (χ2v) is 7.57. The fourth-order valence-corrected chi connectivity index (χ4v) is 3.48. The van der Waals surface area contributed by atoms with Crippen LogP contribution < -0.4 is 5.32 Å². The summed E-state index contributed by atoms with van der Waals surface area (Å²) in [7, 11) is 0. The molecule has 5 nitrogen and oxygen atoms in total. The molecule has 1 saturated heterocycles. The lowest BCUT2D eigenvalue weighted by Gasteiger charge is -2.34. The number of nitrogens with zero attached hydrogens (tertiary/aromatic N) is 2. The summed E-state index contributed by atoms with van der Waals surface area (Å²) in [4.78, 5) is 28.9. The van der Waals surface area contributed by atoms with Gasteiger partial charge in [-0.15, -0.1) is 0 Å². The van der Waals surface area contributed by atoms with Crippen LogP contribution in [0, 0.1) is 13.8 Å². The van der Waals surface area contributed by atoms with Gasteiger partial charge < -0.3 is 10.2 Å². The van der Waals surface area contributed by atoms with Crippen molar-refractivity contribution in [3.05, 3.63) is 70.8 Å². The first-order chi connectivity index (χ1) is 13.4. The molecule has 1 fully saturated rings. The van der Waals surface area contributed by atoms with E-state index in [1.807, 2.05) is 42.2 Å². The van der Waals surface area contributed by atoms with Crippen molar-refractivity contribution in [3.63, 3.8) is 0 Å².